The number of carbonyl (C=O) groups excluding carboxylic acids is 1. The minimum atomic E-state index is 0. The average Bonchev–Trinajstić information content (AvgIpc) is 2.92. The van der Waals surface area contributed by atoms with E-state index >= 15 is 0 Å². The number of halogens is 1. The molecule has 1 N–H and O–H groups in total. The first-order valence-corrected chi connectivity index (χ1v) is 8.91. The van der Waals surface area contributed by atoms with E-state index in [0.29, 0.717) is 16.7 Å². The van der Waals surface area contributed by atoms with Gasteiger partial charge in [-0.05, 0) is 32.2 Å². The third kappa shape index (κ3) is 3.83. The second-order valence-corrected chi connectivity index (χ2v) is 7.97. The third-order valence-corrected chi connectivity index (χ3v) is 6.49. The molecule has 116 valence electrons. The second kappa shape index (κ2) is 7.37. The molecule has 1 unspecified atom stereocenters. The lowest BCUT2D eigenvalue weighted by atomic mass is 9.87. The Hall–Kier alpha value is 0.0700. The highest BCUT2D eigenvalue weighted by Crippen LogP contribution is 2.42. The van der Waals surface area contributed by atoms with E-state index in [9.17, 15) is 4.79 Å². The fraction of sp³-hybridized carbons (Fsp3) is 0.933. The third-order valence-electron chi connectivity index (χ3n) is 4.95. The maximum atomic E-state index is 12.5. The highest BCUT2D eigenvalue weighted by molar-refractivity contribution is 8.00. The molecule has 0 aromatic carbocycles. The first kappa shape index (κ1) is 16.4. The summed E-state index contributed by atoms with van der Waals surface area (Å²) in [5.74, 6) is 1.54. The molecule has 1 atom stereocenters. The number of amides is 1. The lowest BCUT2D eigenvalue weighted by Crippen LogP contribution is -2.50. The predicted octanol–water partition coefficient (Wildman–Crippen LogP) is 2.83. The second-order valence-electron chi connectivity index (χ2n) is 6.40. The monoisotopic (exact) mass is 318 g/mol. The summed E-state index contributed by atoms with van der Waals surface area (Å²) < 4.78 is 0.412. The molecule has 1 amide bonds. The van der Waals surface area contributed by atoms with Crippen molar-refractivity contribution in [3.63, 3.8) is 0 Å². The standard InChI is InChI=1S/C15H26N2OS.ClH/c18-14(11-13-5-4-8-16-13)17-9-10-19-15(12-17)6-2-1-3-7-15;/h13,16H,1-12H2;1H. The average molecular weight is 319 g/mol. The summed E-state index contributed by atoms with van der Waals surface area (Å²) in [7, 11) is 0. The smallest absolute Gasteiger partial charge is 0.224 e. The Bertz CT molecular complexity index is 322. The topological polar surface area (TPSA) is 32.3 Å². The fourth-order valence-corrected chi connectivity index (χ4v) is 5.40. The quantitative estimate of drug-likeness (QED) is 0.849. The zero-order valence-electron chi connectivity index (χ0n) is 12.2. The van der Waals surface area contributed by atoms with Gasteiger partial charge in [-0.1, -0.05) is 19.3 Å². The Morgan fingerprint density at radius 3 is 2.75 bits per heavy atom. The van der Waals surface area contributed by atoms with Crippen molar-refractivity contribution in [2.75, 3.05) is 25.4 Å². The Labute approximate surface area is 133 Å². The van der Waals surface area contributed by atoms with Gasteiger partial charge in [0.2, 0.25) is 5.91 Å². The number of hydrogen-bond acceptors (Lipinski definition) is 3. The van der Waals surface area contributed by atoms with Crippen LogP contribution < -0.4 is 5.32 Å². The van der Waals surface area contributed by atoms with Gasteiger partial charge < -0.3 is 10.2 Å². The molecule has 0 aromatic rings. The number of nitrogens with one attached hydrogen (secondary N) is 1. The van der Waals surface area contributed by atoms with Gasteiger partial charge in [0.1, 0.15) is 0 Å². The van der Waals surface area contributed by atoms with E-state index in [2.05, 4.69) is 22.0 Å². The molecule has 3 fully saturated rings. The minimum absolute atomic E-state index is 0. The normalized spacial score (nSPS) is 29.2. The van der Waals surface area contributed by atoms with E-state index in [-0.39, 0.29) is 12.4 Å². The first-order valence-electron chi connectivity index (χ1n) is 7.93. The van der Waals surface area contributed by atoms with Gasteiger partial charge in [0.15, 0.2) is 0 Å². The van der Waals surface area contributed by atoms with E-state index in [4.69, 9.17) is 0 Å². The lowest BCUT2D eigenvalue weighted by Gasteiger charge is -2.44. The Balaban J connectivity index is 0.00000147. The van der Waals surface area contributed by atoms with E-state index in [0.717, 1.165) is 31.8 Å². The van der Waals surface area contributed by atoms with Gasteiger partial charge in [-0.15, -0.1) is 12.4 Å². The molecule has 2 saturated heterocycles. The molecule has 2 aliphatic heterocycles. The molecule has 5 heteroatoms. The van der Waals surface area contributed by atoms with Crippen LogP contribution in [0.2, 0.25) is 0 Å². The molecule has 20 heavy (non-hydrogen) atoms. The molecule has 0 aromatic heterocycles. The summed E-state index contributed by atoms with van der Waals surface area (Å²) in [4.78, 5) is 14.6. The number of thioether (sulfide) groups is 1. The summed E-state index contributed by atoms with van der Waals surface area (Å²) in [5.41, 5.74) is 0. The van der Waals surface area contributed by atoms with Crippen LogP contribution in [0.3, 0.4) is 0 Å². The fourth-order valence-electron chi connectivity index (χ4n) is 3.83. The number of nitrogens with zero attached hydrogens (tertiary/aromatic N) is 1. The molecule has 1 aliphatic carbocycles. The van der Waals surface area contributed by atoms with E-state index < -0.39 is 0 Å². The molecule has 3 aliphatic rings. The van der Waals surface area contributed by atoms with Crippen molar-refractivity contribution < 1.29 is 4.79 Å². The molecule has 2 heterocycles. The van der Waals surface area contributed by atoms with Gasteiger partial charge >= 0.3 is 0 Å². The minimum Gasteiger partial charge on any atom is -0.340 e. The van der Waals surface area contributed by atoms with Crippen molar-refractivity contribution in [3.05, 3.63) is 0 Å². The van der Waals surface area contributed by atoms with Crippen molar-refractivity contribution >= 4 is 30.1 Å². The molecular formula is C15H27ClN2OS. The van der Waals surface area contributed by atoms with Crippen LogP contribution in [-0.4, -0.2) is 47.0 Å². The Morgan fingerprint density at radius 2 is 2.05 bits per heavy atom. The van der Waals surface area contributed by atoms with Crippen LogP contribution in [0.5, 0.6) is 0 Å². The molecular weight excluding hydrogens is 292 g/mol. The summed E-state index contributed by atoms with van der Waals surface area (Å²) in [6, 6.07) is 0.449. The summed E-state index contributed by atoms with van der Waals surface area (Å²) in [6.07, 6.45) is 9.89. The van der Waals surface area contributed by atoms with Crippen LogP contribution in [0.4, 0.5) is 0 Å². The number of carbonyl (C=O) groups is 1. The molecule has 3 nitrogen and oxygen atoms in total. The van der Waals surface area contributed by atoms with Crippen molar-refractivity contribution in [2.45, 2.75) is 62.2 Å². The zero-order chi connectivity index (χ0) is 13.1. The Kier molecular flexibility index (Phi) is 6.06. The summed E-state index contributed by atoms with van der Waals surface area (Å²) in [6.45, 7) is 3.08. The van der Waals surface area contributed by atoms with Gasteiger partial charge in [-0.3, -0.25) is 4.79 Å². The van der Waals surface area contributed by atoms with E-state index in [1.807, 2.05) is 0 Å². The highest BCUT2D eigenvalue weighted by Gasteiger charge is 2.38. The predicted molar refractivity (Wildman–Crippen MR) is 87.7 cm³/mol. The number of hydrogen-bond donors (Lipinski definition) is 1. The van der Waals surface area contributed by atoms with Gasteiger partial charge in [0.25, 0.3) is 0 Å². The highest BCUT2D eigenvalue weighted by atomic mass is 35.5. The largest absolute Gasteiger partial charge is 0.340 e. The molecule has 3 rings (SSSR count). The van der Waals surface area contributed by atoms with Crippen molar-refractivity contribution in [1.82, 2.24) is 10.2 Å². The van der Waals surface area contributed by atoms with Gasteiger partial charge in [0.05, 0.1) is 0 Å². The zero-order valence-corrected chi connectivity index (χ0v) is 13.9. The molecule has 0 bridgehead atoms. The van der Waals surface area contributed by atoms with Crippen molar-refractivity contribution in [2.24, 2.45) is 0 Å². The van der Waals surface area contributed by atoms with Crippen molar-refractivity contribution in [1.29, 1.82) is 0 Å². The van der Waals surface area contributed by atoms with Crippen molar-refractivity contribution in [3.8, 4) is 0 Å². The van der Waals surface area contributed by atoms with Gasteiger partial charge in [-0.2, -0.15) is 11.8 Å². The lowest BCUT2D eigenvalue weighted by molar-refractivity contribution is -0.132. The summed E-state index contributed by atoms with van der Waals surface area (Å²) in [5, 5.41) is 3.44. The SMILES string of the molecule is Cl.O=C(CC1CCCN1)N1CCSC2(CCCCC2)C1. The van der Waals surface area contributed by atoms with Crippen LogP contribution >= 0.6 is 24.2 Å². The van der Waals surface area contributed by atoms with Gasteiger partial charge in [-0.25, -0.2) is 0 Å². The van der Waals surface area contributed by atoms with Crippen LogP contribution in [0.15, 0.2) is 0 Å². The molecule has 1 saturated carbocycles. The van der Waals surface area contributed by atoms with Crippen LogP contribution in [0.25, 0.3) is 0 Å². The summed E-state index contributed by atoms with van der Waals surface area (Å²) >= 11 is 2.14. The maximum Gasteiger partial charge on any atom is 0.224 e. The Morgan fingerprint density at radius 1 is 1.25 bits per heavy atom. The van der Waals surface area contributed by atoms with E-state index in [1.54, 1.807) is 0 Å². The molecule has 0 radical (unpaired) electrons. The van der Waals surface area contributed by atoms with Crippen LogP contribution in [0, 0.1) is 0 Å². The van der Waals surface area contributed by atoms with Gasteiger partial charge in [0, 0.05) is 36.1 Å². The van der Waals surface area contributed by atoms with E-state index in [1.165, 1.54) is 44.9 Å². The van der Waals surface area contributed by atoms with Crippen LogP contribution in [0.1, 0.15) is 51.4 Å². The van der Waals surface area contributed by atoms with Crippen LogP contribution in [-0.2, 0) is 4.79 Å². The number of rotatable bonds is 2. The molecule has 1 spiro atoms. The maximum absolute atomic E-state index is 12.5. The first-order chi connectivity index (χ1) is 9.27.